The SMILES string of the molecule is Cc1cccc2c1c(Cc1ccc(CCN)cc1)cn2[C@@H]1O[C@H](CO)[C@@H](O)[C@H](O)[C@H]1O. The molecular weight excluding hydrogens is 396 g/mol. The minimum Gasteiger partial charge on any atom is -0.394 e. The molecule has 3 aromatic rings. The lowest BCUT2D eigenvalue weighted by molar-refractivity contribution is -0.250. The van der Waals surface area contributed by atoms with Crippen LogP contribution in [-0.2, 0) is 17.6 Å². The minimum atomic E-state index is -1.42. The Balaban J connectivity index is 1.73. The van der Waals surface area contributed by atoms with Crippen molar-refractivity contribution in [2.75, 3.05) is 13.2 Å². The number of ether oxygens (including phenoxy) is 1. The molecule has 1 aromatic heterocycles. The highest BCUT2D eigenvalue weighted by Crippen LogP contribution is 2.35. The lowest BCUT2D eigenvalue weighted by Gasteiger charge is -2.40. The Bertz CT molecular complexity index is 1030. The predicted octanol–water partition coefficient (Wildman–Crippen LogP) is 1.01. The minimum absolute atomic E-state index is 0.457. The molecule has 0 saturated carbocycles. The van der Waals surface area contributed by atoms with Gasteiger partial charge in [-0.3, -0.25) is 0 Å². The van der Waals surface area contributed by atoms with E-state index < -0.39 is 37.3 Å². The molecular formula is C24H30N2O5. The van der Waals surface area contributed by atoms with E-state index in [0.29, 0.717) is 13.0 Å². The summed E-state index contributed by atoms with van der Waals surface area (Å²) in [5.41, 5.74) is 11.0. The number of hydrogen-bond acceptors (Lipinski definition) is 6. The van der Waals surface area contributed by atoms with Crippen LogP contribution < -0.4 is 5.73 Å². The van der Waals surface area contributed by atoms with Gasteiger partial charge in [0.2, 0.25) is 0 Å². The first kappa shape index (κ1) is 22.0. The second-order valence-electron chi connectivity index (χ2n) is 8.28. The van der Waals surface area contributed by atoms with E-state index in [9.17, 15) is 20.4 Å². The average molecular weight is 427 g/mol. The Labute approximate surface area is 181 Å². The van der Waals surface area contributed by atoms with Gasteiger partial charge in [-0.05, 0) is 54.6 Å². The van der Waals surface area contributed by atoms with Crippen LogP contribution in [0, 0.1) is 6.92 Å². The van der Waals surface area contributed by atoms with Crippen molar-refractivity contribution >= 4 is 10.9 Å². The normalized spacial score (nSPS) is 26.5. The van der Waals surface area contributed by atoms with Gasteiger partial charge in [0.25, 0.3) is 0 Å². The molecule has 2 aromatic carbocycles. The zero-order chi connectivity index (χ0) is 22.1. The van der Waals surface area contributed by atoms with Gasteiger partial charge in [0.1, 0.15) is 24.4 Å². The number of fused-ring (bicyclic) bond motifs is 1. The van der Waals surface area contributed by atoms with Gasteiger partial charge in [-0.2, -0.15) is 0 Å². The van der Waals surface area contributed by atoms with Crippen molar-refractivity contribution in [1.82, 2.24) is 4.57 Å². The number of aliphatic hydroxyl groups is 4. The van der Waals surface area contributed by atoms with E-state index in [-0.39, 0.29) is 0 Å². The maximum absolute atomic E-state index is 10.6. The Hall–Kier alpha value is -2.26. The highest BCUT2D eigenvalue weighted by molar-refractivity contribution is 5.87. The van der Waals surface area contributed by atoms with Crippen LogP contribution in [0.25, 0.3) is 10.9 Å². The zero-order valence-electron chi connectivity index (χ0n) is 17.6. The van der Waals surface area contributed by atoms with Crippen LogP contribution in [0.5, 0.6) is 0 Å². The van der Waals surface area contributed by atoms with E-state index in [1.54, 1.807) is 4.57 Å². The Morgan fingerprint density at radius 3 is 2.35 bits per heavy atom. The van der Waals surface area contributed by atoms with Crippen molar-refractivity contribution in [3.63, 3.8) is 0 Å². The predicted molar refractivity (Wildman–Crippen MR) is 118 cm³/mol. The number of nitrogens with two attached hydrogens (primary N) is 1. The van der Waals surface area contributed by atoms with Crippen LogP contribution in [0.3, 0.4) is 0 Å². The van der Waals surface area contributed by atoms with Crippen molar-refractivity contribution in [1.29, 1.82) is 0 Å². The number of benzene rings is 2. The Morgan fingerprint density at radius 1 is 0.968 bits per heavy atom. The highest BCUT2D eigenvalue weighted by atomic mass is 16.6. The van der Waals surface area contributed by atoms with E-state index in [1.807, 2.05) is 31.3 Å². The quantitative estimate of drug-likeness (QED) is 0.401. The fourth-order valence-electron chi connectivity index (χ4n) is 4.45. The van der Waals surface area contributed by atoms with Crippen molar-refractivity contribution in [2.24, 2.45) is 5.73 Å². The van der Waals surface area contributed by atoms with Gasteiger partial charge in [0, 0.05) is 11.6 Å². The largest absolute Gasteiger partial charge is 0.394 e. The number of rotatable bonds is 6. The summed E-state index contributed by atoms with van der Waals surface area (Å²) < 4.78 is 7.61. The maximum Gasteiger partial charge on any atom is 0.163 e. The van der Waals surface area contributed by atoms with Gasteiger partial charge < -0.3 is 35.5 Å². The number of aromatic nitrogens is 1. The summed E-state index contributed by atoms with van der Waals surface area (Å²) >= 11 is 0. The average Bonchev–Trinajstić information content (AvgIpc) is 3.13. The molecule has 1 saturated heterocycles. The second-order valence-corrected chi connectivity index (χ2v) is 8.28. The molecule has 5 atom stereocenters. The van der Waals surface area contributed by atoms with Crippen molar-refractivity contribution in [2.45, 2.75) is 50.4 Å². The maximum atomic E-state index is 10.6. The van der Waals surface area contributed by atoms with Gasteiger partial charge >= 0.3 is 0 Å². The van der Waals surface area contributed by atoms with Crippen LogP contribution in [0.4, 0.5) is 0 Å². The van der Waals surface area contributed by atoms with Crippen molar-refractivity contribution in [3.8, 4) is 0 Å². The number of aliphatic hydroxyl groups excluding tert-OH is 4. The third-order valence-corrected chi connectivity index (χ3v) is 6.14. The van der Waals surface area contributed by atoms with Gasteiger partial charge in [-0.15, -0.1) is 0 Å². The molecule has 6 N–H and O–H groups in total. The molecule has 7 heteroatoms. The molecule has 0 unspecified atom stereocenters. The fourth-order valence-corrected chi connectivity index (χ4v) is 4.45. The van der Waals surface area contributed by atoms with Crippen LogP contribution in [0.2, 0.25) is 0 Å². The number of aryl methyl sites for hydroxylation is 1. The third kappa shape index (κ3) is 4.13. The smallest absolute Gasteiger partial charge is 0.163 e. The molecule has 4 rings (SSSR count). The molecule has 7 nitrogen and oxygen atoms in total. The molecule has 0 spiro atoms. The topological polar surface area (TPSA) is 121 Å². The van der Waals surface area contributed by atoms with E-state index in [0.717, 1.165) is 34.0 Å². The van der Waals surface area contributed by atoms with Crippen LogP contribution in [-0.4, -0.2) is 62.6 Å². The van der Waals surface area contributed by atoms with E-state index >= 15 is 0 Å². The lowest BCUT2D eigenvalue weighted by Crippen LogP contribution is -2.56. The third-order valence-electron chi connectivity index (χ3n) is 6.14. The number of hydrogen-bond donors (Lipinski definition) is 5. The summed E-state index contributed by atoms with van der Waals surface area (Å²) in [6.45, 7) is 2.20. The molecule has 31 heavy (non-hydrogen) atoms. The molecule has 0 radical (unpaired) electrons. The summed E-state index contributed by atoms with van der Waals surface area (Å²) in [5.74, 6) is 0. The summed E-state index contributed by atoms with van der Waals surface area (Å²) in [6.07, 6.45) is -2.56. The van der Waals surface area contributed by atoms with E-state index in [2.05, 4.69) is 24.3 Å². The summed E-state index contributed by atoms with van der Waals surface area (Å²) in [5, 5.41) is 41.6. The summed E-state index contributed by atoms with van der Waals surface area (Å²) in [7, 11) is 0. The van der Waals surface area contributed by atoms with Crippen LogP contribution >= 0.6 is 0 Å². The Kier molecular flexibility index (Phi) is 6.43. The Morgan fingerprint density at radius 2 is 1.68 bits per heavy atom. The highest BCUT2D eigenvalue weighted by Gasteiger charge is 2.44. The van der Waals surface area contributed by atoms with E-state index in [1.165, 1.54) is 5.56 Å². The first-order valence-electron chi connectivity index (χ1n) is 10.6. The molecule has 0 aliphatic carbocycles. The second kappa shape index (κ2) is 9.08. The first-order valence-corrected chi connectivity index (χ1v) is 10.6. The molecule has 2 heterocycles. The molecule has 0 bridgehead atoms. The van der Waals surface area contributed by atoms with Crippen LogP contribution in [0.15, 0.2) is 48.7 Å². The standard InChI is InChI=1S/C24H30N2O5/c1-14-3-2-4-18-20(14)17(11-16-7-5-15(6-8-16)9-10-25)12-26(18)24-23(30)22(29)21(28)19(13-27)31-24/h2-8,12,19,21-24,27-30H,9-11,13,25H2,1H3/t19-,21-,22+,23-,24-/m1/s1. The number of nitrogens with zero attached hydrogens (tertiary/aromatic N) is 1. The fraction of sp³-hybridized carbons (Fsp3) is 0.417. The van der Waals surface area contributed by atoms with Gasteiger partial charge in [0.15, 0.2) is 6.23 Å². The molecule has 1 fully saturated rings. The zero-order valence-corrected chi connectivity index (χ0v) is 17.6. The van der Waals surface area contributed by atoms with Crippen molar-refractivity contribution in [3.05, 3.63) is 70.9 Å². The lowest BCUT2D eigenvalue weighted by atomic mass is 9.98. The van der Waals surface area contributed by atoms with E-state index in [4.69, 9.17) is 10.5 Å². The molecule has 0 amide bonds. The van der Waals surface area contributed by atoms with Crippen molar-refractivity contribution < 1.29 is 25.2 Å². The molecule has 166 valence electrons. The van der Waals surface area contributed by atoms with Gasteiger partial charge in [0.05, 0.1) is 12.1 Å². The summed E-state index contributed by atoms with van der Waals surface area (Å²) in [6, 6.07) is 14.3. The van der Waals surface area contributed by atoms with Gasteiger partial charge in [-0.25, -0.2) is 0 Å². The summed E-state index contributed by atoms with van der Waals surface area (Å²) in [4.78, 5) is 0. The monoisotopic (exact) mass is 426 g/mol. The van der Waals surface area contributed by atoms with Gasteiger partial charge in [-0.1, -0.05) is 36.4 Å². The first-order chi connectivity index (χ1) is 14.9. The van der Waals surface area contributed by atoms with Crippen LogP contribution in [0.1, 0.15) is 28.5 Å². The molecule has 1 aliphatic rings. The molecule has 1 aliphatic heterocycles.